The van der Waals surface area contributed by atoms with Crippen molar-refractivity contribution in [1.82, 2.24) is 14.4 Å². The molecule has 0 unspecified atom stereocenters. The first-order valence-corrected chi connectivity index (χ1v) is 27.4. The number of nitrogens with zero attached hydrogens (tertiary/aromatic N) is 4. The van der Waals surface area contributed by atoms with E-state index in [-0.39, 0.29) is 54.3 Å². The predicted octanol–water partition coefficient (Wildman–Crippen LogP) is 16.5. The molecule has 0 amide bonds. The third-order valence-electron chi connectivity index (χ3n) is 17.0. The van der Waals surface area contributed by atoms with Crippen LogP contribution < -0.4 is 26.0 Å². The van der Waals surface area contributed by atoms with Crippen LogP contribution in [0.2, 0.25) is 0 Å². The van der Waals surface area contributed by atoms with Gasteiger partial charge in [-0.05, 0) is 139 Å². The molecule has 0 spiro atoms. The number of pyridine rings is 2. The van der Waals surface area contributed by atoms with Gasteiger partial charge in [0.2, 0.25) is 0 Å². The second-order valence-corrected chi connectivity index (χ2v) is 25.6. The summed E-state index contributed by atoms with van der Waals surface area (Å²) in [5, 5.41) is 3.32. The number of rotatable bonds is 2. The van der Waals surface area contributed by atoms with Crippen LogP contribution in [0.4, 0.5) is 21.5 Å². The number of benzene rings is 8. The molecule has 395 valence electrons. The van der Waals surface area contributed by atoms with Crippen LogP contribution in [-0.2, 0) is 41.8 Å². The van der Waals surface area contributed by atoms with Crippen LogP contribution in [0.15, 0.2) is 152 Å². The number of halogens is 1. The van der Waals surface area contributed by atoms with Gasteiger partial charge in [0.05, 0.1) is 22.4 Å². The molecular formula is C71H64BFIrN4O-2. The van der Waals surface area contributed by atoms with Gasteiger partial charge >= 0.3 is 0 Å². The summed E-state index contributed by atoms with van der Waals surface area (Å²) in [5.41, 5.74) is 24.3. The third kappa shape index (κ3) is 8.35. The Balaban J connectivity index is 0.000000337. The molecule has 1 radical (unpaired) electrons. The van der Waals surface area contributed by atoms with Crippen molar-refractivity contribution in [2.75, 3.05) is 4.90 Å². The van der Waals surface area contributed by atoms with E-state index < -0.39 is 0 Å². The van der Waals surface area contributed by atoms with Gasteiger partial charge in [-0.15, -0.1) is 48.0 Å². The maximum atomic E-state index is 12.7. The number of aryl methyl sites for hydroxylation is 2. The predicted molar refractivity (Wildman–Crippen MR) is 324 cm³/mol. The Morgan fingerprint density at radius 2 is 1.32 bits per heavy atom. The Labute approximate surface area is 478 Å². The summed E-state index contributed by atoms with van der Waals surface area (Å²) in [6, 6.07) is 58.5. The van der Waals surface area contributed by atoms with Crippen LogP contribution in [-0.4, -0.2) is 21.1 Å². The van der Waals surface area contributed by atoms with Crippen LogP contribution in [0.5, 0.6) is 11.5 Å². The van der Waals surface area contributed by atoms with Crippen molar-refractivity contribution in [3.8, 4) is 33.9 Å². The van der Waals surface area contributed by atoms with Crippen LogP contribution >= 0.6 is 0 Å². The van der Waals surface area contributed by atoms with Gasteiger partial charge in [-0.25, -0.2) is 0 Å². The SMILES string of the molecule is CC(C)(C)c1ccc2c(c1)B1c3cc(C(C)(C)C)cc4c3N(c3ccc(C(C)(C)C)cc3C4(C)C)c3cc(-c4cc[c-]c5c4c4ccccc4n4c6ccccc6nc54)cc(c31)O2.Cc1cnc(-c2[c-]cc(F)cc2)cc1C.[Ir]. The van der Waals surface area contributed by atoms with Crippen LogP contribution in [0.1, 0.15) is 115 Å². The first-order valence-electron chi connectivity index (χ1n) is 27.4. The Morgan fingerprint density at radius 1 is 0.633 bits per heavy atom. The second kappa shape index (κ2) is 18.3. The van der Waals surface area contributed by atoms with Crippen molar-refractivity contribution in [3.05, 3.63) is 209 Å². The molecule has 8 aromatic carbocycles. The fourth-order valence-electron chi connectivity index (χ4n) is 12.4. The molecule has 14 rings (SSSR count). The van der Waals surface area contributed by atoms with Gasteiger partial charge in [0, 0.05) is 54.4 Å². The van der Waals surface area contributed by atoms with Crippen molar-refractivity contribution in [3.63, 3.8) is 0 Å². The summed E-state index contributed by atoms with van der Waals surface area (Å²) in [7, 11) is 0. The smallest absolute Gasteiger partial charge is 0.256 e. The summed E-state index contributed by atoms with van der Waals surface area (Å²) in [4.78, 5) is 12.2. The number of imidazole rings is 1. The molecule has 0 N–H and O–H groups in total. The van der Waals surface area contributed by atoms with Crippen LogP contribution in [0.3, 0.4) is 0 Å². The monoisotopic (exact) mass is 1210 g/mol. The van der Waals surface area contributed by atoms with Crippen molar-refractivity contribution in [2.24, 2.45) is 0 Å². The summed E-state index contributed by atoms with van der Waals surface area (Å²) in [6.07, 6.45) is 1.82. The Hall–Kier alpha value is -7.38. The number of aromatic nitrogens is 3. The molecule has 0 atom stereocenters. The number of fused-ring (bicyclic) bond motifs is 14. The van der Waals surface area contributed by atoms with E-state index >= 15 is 0 Å². The fraction of sp³-hybridized carbons (Fsp3) is 0.239. The van der Waals surface area contributed by atoms with Gasteiger partial charge in [-0.2, -0.15) is 0 Å². The zero-order valence-electron chi connectivity index (χ0n) is 47.4. The second-order valence-electron chi connectivity index (χ2n) is 25.6. The van der Waals surface area contributed by atoms with Gasteiger partial charge in [0.1, 0.15) is 11.5 Å². The van der Waals surface area contributed by atoms with E-state index in [1.165, 1.54) is 84.4 Å². The van der Waals surface area contributed by atoms with E-state index in [9.17, 15) is 4.39 Å². The summed E-state index contributed by atoms with van der Waals surface area (Å²) in [6.45, 7) is 29.9. The molecule has 3 aliphatic rings. The third-order valence-corrected chi connectivity index (χ3v) is 17.0. The average Bonchev–Trinajstić information content (AvgIpc) is 2.95. The maximum absolute atomic E-state index is 12.7. The number of ether oxygens (including phenoxy) is 1. The molecule has 0 aliphatic carbocycles. The largest absolute Gasteiger partial charge is 0.458 e. The maximum Gasteiger partial charge on any atom is 0.256 e. The number of hydrogen-bond acceptors (Lipinski definition) is 4. The molecule has 0 fully saturated rings. The molecule has 79 heavy (non-hydrogen) atoms. The number of anilines is 3. The molecular weight excluding hydrogens is 1150 g/mol. The molecule has 3 aliphatic heterocycles. The zero-order chi connectivity index (χ0) is 54.5. The molecule has 0 saturated carbocycles. The van der Waals surface area contributed by atoms with E-state index in [0.717, 1.165) is 72.4 Å². The van der Waals surface area contributed by atoms with Gasteiger partial charge in [-0.3, -0.25) is 9.37 Å². The molecule has 3 aromatic heterocycles. The van der Waals surface area contributed by atoms with Gasteiger partial charge < -0.3 is 19.0 Å². The Bertz CT molecular complexity index is 4330. The quantitative estimate of drug-likeness (QED) is 0.0983. The van der Waals surface area contributed by atoms with Crippen molar-refractivity contribution >= 4 is 78.5 Å². The van der Waals surface area contributed by atoms with E-state index in [0.29, 0.717) is 0 Å². The first kappa shape index (κ1) is 52.3. The van der Waals surface area contributed by atoms with E-state index in [2.05, 4.69) is 224 Å². The zero-order valence-corrected chi connectivity index (χ0v) is 49.8. The normalized spacial score (nSPS) is 14.0. The first-order chi connectivity index (χ1) is 37.1. The van der Waals surface area contributed by atoms with Crippen molar-refractivity contribution in [1.29, 1.82) is 0 Å². The number of hydrogen-bond donors (Lipinski definition) is 0. The topological polar surface area (TPSA) is 42.7 Å². The minimum atomic E-state index is -0.275. The summed E-state index contributed by atoms with van der Waals surface area (Å²) < 4.78 is 22.3. The fourth-order valence-corrected chi connectivity index (χ4v) is 12.4. The molecule has 0 bridgehead atoms. The minimum absolute atomic E-state index is 0. The van der Waals surface area contributed by atoms with Crippen LogP contribution in [0.25, 0.3) is 60.7 Å². The standard InChI is InChI=1S/C58H53BN3O.C13H11FN.Ir/c1-55(2,3)34-23-25-46-40(29-34)58(10,11)41-30-36(57(7,8)9)32-43-53(41)61(46)48-27-33(28-50-52(48)59(43)42-31-35(56(4,5)6)24-26-49(42)63-50)37-18-16-19-39-51(37)38-17-12-14-21-45(38)62-47-22-15-13-20-44(47)60-54(39)62;1-9-7-13(15-8-10(9)2)11-3-5-12(14)6-4-11;/h12-18,20-32H,1-11H3;3,5-8H,1-2H3;/q2*-1;. The minimum Gasteiger partial charge on any atom is -0.458 e. The van der Waals surface area contributed by atoms with Gasteiger partial charge in [0.25, 0.3) is 6.71 Å². The average molecular weight is 1210 g/mol. The van der Waals surface area contributed by atoms with Crippen molar-refractivity contribution < 1.29 is 29.2 Å². The number of para-hydroxylation sites is 3. The molecule has 5 nitrogen and oxygen atoms in total. The molecule has 11 aromatic rings. The van der Waals surface area contributed by atoms with Crippen LogP contribution in [0, 0.1) is 31.8 Å². The van der Waals surface area contributed by atoms with Gasteiger partial charge in [-0.1, -0.05) is 171 Å². The van der Waals surface area contributed by atoms with E-state index in [1.54, 1.807) is 6.07 Å². The molecule has 8 heteroatoms. The van der Waals surface area contributed by atoms with E-state index in [1.807, 2.05) is 26.1 Å². The van der Waals surface area contributed by atoms with Crippen molar-refractivity contribution in [2.45, 2.75) is 112 Å². The van der Waals surface area contributed by atoms with Gasteiger partial charge in [0.15, 0.2) is 0 Å². The Kier molecular flexibility index (Phi) is 12.1. The Morgan fingerprint density at radius 3 is 2.04 bits per heavy atom. The summed E-state index contributed by atoms with van der Waals surface area (Å²) >= 11 is 0. The molecule has 6 heterocycles. The summed E-state index contributed by atoms with van der Waals surface area (Å²) in [5.74, 6) is 1.56. The molecule has 0 saturated heterocycles. The van der Waals surface area contributed by atoms with E-state index in [4.69, 9.17) is 9.72 Å².